The van der Waals surface area contributed by atoms with Gasteiger partial charge in [-0.3, -0.25) is 14.6 Å². The van der Waals surface area contributed by atoms with Crippen LogP contribution in [0.4, 0.5) is 0 Å². The zero-order chi connectivity index (χ0) is 30.2. The Balaban J connectivity index is 1.35. The maximum atomic E-state index is 13.8. The number of ether oxygens (including phenoxy) is 1. The lowest BCUT2D eigenvalue weighted by molar-refractivity contribution is 0.0591. The standard InChI is InChI=1S/C33H31BINO7/c1-42-28-14-18(13-25(35)33(28)40)12-19(26-8-4-5-11-36-26)9-10-27-29-20(17-37)15-23-30(24(29)16-34(41)43-27)32(39)22-7-3-2-6-21(22)31(23)38/h2-8,11-14,23-24,27,30,37,40-41H,9-10,15-17H2,1H3/b19-12-/t23-,24+,27-,30-/m1/s1. The Morgan fingerprint density at radius 1 is 1.12 bits per heavy atom. The van der Waals surface area contributed by atoms with Crippen LogP contribution in [0.5, 0.6) is 11.5 Å². The molecule has 1 aliphatic heterocycles. The number of nitrogens with zero attached hydrogens (tertiary/aromatic N) is 1. The molecule has 1 fully saturated rings. The first kappa shape index (κ1) is 29.7. The maximum absolute atomic E-state index is 13.8. The van der Waals surface area contributed by atoms with Crippen LogP contribution in [0.15, 0.2) is 71.9 Å². The normalized spacial score (nSPS) is 23.5. The van der Waals surface area contributed by atoms with Gasteiger partial charge in [-0.1, -0.05) is 30.3 Å². The molecule has 6 rings (SSSR count). The topological polar surface area (TPSA) is 126 Å². The molecule has 0 spiro atoms. The predicted molar refractivity (Wildman–Crippen MR) is 171 cm³/mol. The summed E-state index contributed by atoms with van der Waals surface area (Å²) in [5.74, 6) is -1.31. The Labute approximate surface area is 263 Å². The second-order valence-corrected chi connectivity index (χ2v) is 12.4. The fourth-order valence-electron chi connectivity index (χ4n) is 6.96. The molecule has 2 aromatic carbocycles. The maximum Gasteiger partial charge on any atom is 0.455 e. The number of ketones is 2. The number of halogens is 1. The number of benzene rings is 2. The fraction of sp³-hybridized carbons (Fsp3) is 0.303. The number of carbonyl (C=O) groups is 2. The third-order valence-electron chi connectivity index (χ3n) is 8.83. The van der Waals surface area contributed by atoms with Gasteiger partial charge in [0.2, 0.25) is 0 Å². The molecule has 3 N–H and O–H groups in total. The Hall–Kier alpha value is -3.32. The predicted octanol–water partition coefficient (Wildman–Crippen LogP) is 5.22. The van der Waals surface area contributed by atoms with Crippen molar-refractivity contribution in [2.75, 3.05) is 13.7 Å². The zero-order valence-electron chi connectivity index (χ0n) is 23.6. The lowest BCUT2D eigenvalue weighted by Crippen LogP contribution is -2.51. The number of aliphatic hydroxyl groups excluding tert-OH is 1. The molecule has 0 radical (unpaired) electrons. The van der Waals surface area contributed by atoms with Gasteiger partial charge in [0.15, 0.2) is 23.1 Å². The highest BCUT2D eigenvalue weighted by molar-refractivity contribution is 14.1. The Morgan fingerprint density at radius 3 is 2.56 bits per heavy atom. The SMILES string of the molecule is COc1cc(/C=C(/CC[C@H]2OB(O)C[C@H]3C2=C(CO)C[C@H]2C(=O)c4ccccc4C(=O)[C@H]23)c2ccccn2)cc(I)c1O. The van der Waals surface area contributed by atoms with Crippen molar-refractivity contribution in [1.82, 2.24) is 4.98 Å². The van der Waals surface area contributed by atoms with Gasteiger partial charge in [-0.15, -0.1) is 0 Å². The molecule has 4 atom stereocenters. The van der Waals surface area contributed by atoms with Gasteiger partial charge in [0.05, 0.1) is 29.1 Å². The summed E-state index contributed by atoms with van der Waals surface area (Å²) < 4.78 is 12.1. The molecule has 0 bridgehead atoms. The lowest BCUT2D eigenvalue weighted by atomic mass is 9.54. The molecule has 2 aliphatic carbocycles. The minimum atomic E-state index is -1.11. The van der Waals surface area contributed by atoms with E-state index >= 15 is 0 Å². The molecule has 3 aromatic rings. The number of aliphatic hydroxyl groups is 1. The Morgan fingerprint density at radius 2 is 1.86 bits per heavy atom. The van der Waals surface area contributed by atoms with Crippen molar-refractivity contribution in [2.45, 2.75) is 31.7 Å². The number of phenolic OH excluding ortho intramolecular Hbond substituents is 1. The molecule has 8 nitrogen and oxygen atoms in total. The van der Waals surface area contributed by atoms with Gasteiger partial charge < -0.3 is 24.6 Å². The van der Waals surface area contributed by atoms with Crippen molar-refractivity contribution in [3.05, 3.63) is 97.9 Å². The number of Topliss-reactive ketones (excluding diaryl/α,β-unsaturated/α-hetero) is 2. The summed E-state index contributed by atoms with van der Waals surface area (Å²) in [5, 5.41) is 31.7. The van der Waals surface area contributed by atoms with Crippen LogP contribution in [0.3, 0.4) is 0 Å². The van der Waals surface area contributed by atoms with Crippen LogP contribution >= 0.6 is 22.6 Å². The highest BCUT2D eigenvalue weighted by atomic mass is 127. The van der Waals surface area contributed by atoms with E-state index in [9.17, 15) is 24.8 Å². The number of aromatic nitrogens is 1. The van der Waals surface area contributed by atoms with Crippen LogP contribution in [-0.4, -0.2) is 58.7 Å². The van der Waals surface area contributed by atoms with Crippen LogP contribution in [-0.2, 0) is 4.65 Å². The van der Waals surface area contributed by atoms with Crippen LogP contribution in [0, 0.1) is 21.3 Å². The van der Waals surface area contributed by atoms with Crippen molar-refractivity contribution in [1.29, 1.82) is 0 Å². The minimum absolute atomic E-state index is 0.0766. The van der Waals surface area contributed by atoms with Gasteiger partial charge in [0.25, 0.3) is 0 Å². The monoisotopic (exact) mass is 691 g/mol. The van der Waals surface area contributed by atoms with Gasteiger partial charge in [-0.2, -0.15) is 0 Å². The number of pyridine rings is 1. The molecule has 3 aliphatic rings. The third-order valence-corrected chi connectivity index (χ3v) is 9.66. The number of hydrogen-bond acceptors (Lipinski definition) is 8. The number of phenols is 1. The summed E-state index contributed by atoms with van der Waals surface area (Å²) in [6, 6.07) is 16.2. The van der Waals surface area contributed by atoms with E-state index < -0.39 is 31.0 Å². The molecule has 1 saturated heterocycles. The lowest BCUT2D eigenvalue weighted by Gasteiger charge is -2.47. The molecular formula is C33H31BINO7. The molecule has 10 heteroatoms. The smallest absolute Gasteiger partial charge is 0.455 e. The van der Waals surface area contributed by atoms with E-state index in [1.807, 2.05) is 30.3 Å². The van der Waals surface area contributed by atoms with Crippen molar-refractivity contribution in [2.24, 2.45) is 17.8 Å². The summed E-state index contributed by atoms with van der Waals surface area (Å²) in [6.45, 7) is -0.247. The van der Waals surface area contributed by atoms with E-state index in [1.54, 1.807) is 36.5 Å². The molecule has 0 unspecified atom stereocenters. The Kier molecular flexibility index (Phi) is 8.55. The van der Waals surface area contributed by atoms with E-state index in [1.165, 1.54) is 7.11 Å². The van der Waals surface area contributed by atoms with Crippen molar-refractivity contribution in [3.8, 4) is 11.5 Å². The van der Waals surface area contributed by atoms with Crippen molar-refractivity contribution in [3.63, 3.8) is 0 Å². The van der Waals surface area contributed by atoms with Crippen molar-refractivity contribution < 1.29 is 34.2 Å². The van der Waals surface area contributed by atoms with Gasteiger partial charge in [0, 0.05) is 29.2 Å². The summed E-state index contributed by atoms with van der Waals surface area (Å²) in [6.07, 6.45) is 4.59. The highest BCUT2D eigenvalue weighted by Gasteiger charge is 2.53. The van der Waals surface area contributed by atoms with Crippen LogP contribution in [0.2, 0.25) is 6.32 Å². The van der Waals surface area contributed by atoms with E-state index in [2.05, 4.69) is 27.6 Å². The largest absolute Gasteiger partial charge is 0.504 e. The minimum Gasteiger partial charge on any atom is -0.504 e. The number of carbonyl (C=O) groups excluding carboxylic acids is 2. The first-order chi connectivity index (χ1) is 20.8. The van der Waals surface area contributed by atoms with E-state index in [0.29, 0.717) is 38.9 Å². The van der Waals surface area contributed by atoms with Gasteiger partial charge in [0.1, 0.15) is 0 Å². The van der Waals surface area contributed by atoms with Crippen LogP contribution in [0.25, 0.3) is 11.6 Å². The highest BCUT2D eigenvalue weighted by Crippen LogP contribution is 2.51. The second-order valence-electron chi connectivity index (χ2n) is 11.2. The number of hydrogen-bond donors (Lipinski definition) is 3. The molecule has 0 amide bonds. The number of aromatic hydroxyl groups is 1. The van der Waals surface area contributed by atoms with Gasteiger partial charge >= 0.3 is 7.12 Å². The average Bonchev–Trinajstić information content (AvgIpc) is 3.02. The van der Waals surface area contributed by atoms with Gasteiger partial charge in [-0.05, 0) is 107 Å². The van der Waals surface area contributed by atoms with Crippen LogP contribution in [0.1, 0.15) is 51.2 Å². The third kappa shape index (κ3) is 5.57. The summed E-state index contributed by atoms with van der Waals surface area (Å²) >= 11 is 2.06. The summed E-state index contributed by atoms with van der Waals surface area (Å²) in [5.41, 5.74) is 4.90. The number of rotatable bonds is 7. The molecule has 2 heterocycles. The molecule has 43 heavy (non-hydrogen) atoms. The zero-order valence-corrected chi connectivity index (χ0v) is 25.7. The molecule has 1 aromatic heterocycles. The van der Waals surface area contributed by atoms with Crippen LogP contribution < -0.4 is 4.74 Å². The quantitative estimate of drug-likeness (QED) is 0.175. The first-order valence-electron chi connectivity index (χ1n) is 14.3. The first-order valence-corrected chi connectivity index (χ1v) is 15.4. The average molecular weight is 691 g/mol. The summed E-state index contributed by atoms with van der Waals surface area (Å²) in [4.78, 5) is 31.9. The molecule has 0 saturated carbocycles. The van der Waals surface area contributed by atoms with E-state index in [0.717, 1.165) is 22.4 Å². The number of allylic oxidation sites excluding steroid dienone is 1. The van der Waals surface area contributed by atoms with Gasteiger partial charge in [-0.25, -0.2) is 0 Å². The second kappa shape index (κ2) is 12.4. The number of fused-ring (bicyclic) bond motifs is 4. The molecular weight excluding hydrogens is 660 g/mol. The van der Waals surface area contributed by atoms with Crippen molar-refractivity contribution >= 4 is 52.9 Å². The van der Waals surface area contributed by atoms with E-state index in [4.69, 9.17) is 9.39 Å². The molecule has 220 valence electrons. The fourth-order valence-corrected chi connectivity index (χ4v) is 7.59. The summed E-state index contributed by atoms with van der Waals surface area (Å²) in [7, 11) is 0.396. The number of methoxy groups -OCH3 is 1. The van der Waals surface area contributed by atoms with E-state index in [-0.39, 0.29) is 36.7 Å². The Bertz CT molecular complexity index is 1640.